The summed E-state index contributed by atoms with van der Waals surface area (Å²) in [7, 11) is 3.52. The lowest BCUT2D eigenvalue weighted by atomic mass is 10.1. The van der Waals surface area contributed by atoms with Gasteiger partial charge in [0, 0.05) is 38.4 Å². The van der Waals surface area contributed by atoms with Crippen LogP contribution in [-0.2, 0) is 13.6 Å². The van der Waals surface area contributed by atoms with Gasteiger partial charge in [-0.2, -0.15) is 5.10 Å². The van der Waals surface area contributed by atoms with Gasteiger partial charge in [-0.3, -0.25) is 14.4 Å². The molecule has 6 nitrogen and oxygen atoms in total. The molecule has 24 heavy (non-hydrogen) atoms. The quantitative estimate of drug-likeness (QED) is 0.876. The zero-order valence-corrected chi connectivity index (χ0v) is 14.2. The number of hydrogen-bond acceptors (Lipinski definition) is 4. The van der Waals surface area contributed by atoms with Crippen molar-refractivity contribution in [3.05, 3.63) is 47.8 Å². The number of aromatic nitrogens is 2. The highest BCUT2D eigenvalue weighted by molar-refractivity contribution is 5.96. The molecular formula is C18H24N4O2. The van der Waals surface area contributed by atoms with Gasteiger partial charge in [-0.05, 0) is 31.0 Å². The van der Waals surface area contributed by atoms with Gasteiger partial charge >= 0.3 is 0 Å². The van der Waals surface area contributed by atoms with Crippen LogP contribution in [0.1, 0.15) is 22.3 Å². The molecule has 1 saturated heterocycles. The lowest BCUT2D eigenvalue weighted by Gasteiger charge is -2.15. The molecule has 1 aliphatic rings. The third-order valence-corrected chi connectivity index (χ3v) is 4.44. The Kier molecular flexibility index (Phi) is 5.15. The van der Waals surface area contributed by atoms with E-state index in [-0.39, 0.29) is 5.91 Å². The molecule has 1 fully saturated rings. The average molecular weight is 328 g/mol. The number of aryl methyl sites for hydroxylation is 1. The fourth-order valence-electron chi connectivity index (χ4n) is 3.20. The van der Waals surface area contributed by atoms with Gasteiger partial charge in [0.15, 0.2) is 0 Å². The summed E-state index contributed by atoms with van der Waals surface area (Å²) in [5.74, 6) is 1.03. The highest BCUT2D eigenvalue weighted by Gasteiger charge is 2.23. The summed E-state index contributed by atoms with van der Waals surface area (Å²) in [6.07, 6.45) is 5.07. The molecule has 2 heterocycles. The summed E-state index contributed by atoms with van der Waals surface area (Å²) in [5, 5.41) is 7.25. The minimum absolute atomic E-state index is 0.0711. The normalized spacial score (nSPS) is 17.8. The first-order valence-corrected chi connectivity index (χ1v) is 8.27. The molecule has 1 aliphatic heterocycles. The first kappa shape index (κ1) is 16.5. The second-order valence-corrected chi connectivity index (χ2v) is 6.32. The number of benzene rings is 1. The van der Waals surface area contributed by atoms with Crippen molar-refractivity contribution >= 4 is 5.91 Å². The third kappa shape index (κ3) is 3.94. The number of rotatable bonds is 6. The summed E-state index contributed by atoms with van der Waals surface area (Å²) in [5.41, 5.74) is 1.82. The molecule has 0 unspecified atom stereocenters. The summed E-state index contributed by atoms with van der Waals surface area (Å²) in [6, 6.07) is 7.31. The van der Waals surface area contributed by atoms with Crippen molar-refractivity contribution in [3.63, 3.8) is 0 Å². The summed E-state index contributed by atoms with van der Waals surface area (Å²) >= 11 is 0. The van der Waals surface area contributed by atoms with Crippen molar-refractivity contribution in [3.8, 4) is 5.75 Å². The number of para-hydroxylation sites is 1. The number of carbonyl (C=O) groups excluding carboxylic acids is 1. The van der Waals surface area contributed by atoms with Gasteiger partial charge in [0.05, 0.1) is 18.9 Å². The SMILES string of the molecule is COc1ccccc1C(=O)NC[C@@H]1CCN(Cc2cnn(C)c2)C1. The van der Waals surface area contributed by atoms with Gasteiger partial charge in [0.1, 0.15) is 5.75 Å². The molecule has 1 N–H and O–H groups in total. The molecule has 6 heteroatoms. The highest BCUT2D eigenvalue weighted by Crippen LogP contribution is 2.19. The number of methoxy groups -OCH3 is 1. The minimum Gasteiger partial charge on any atom is -0.496 e. The Morgan fingerprint density at radius 2 is 2.25 bits per heavy atom. The standard InChI is InChI=1S/C18H24N4O2/c1-21-11-15(10-20-21)13-22-8-7-14(12-22)9-19-18(23)16-5-3-4-6-17(16)24-2/h3-6,10-11,14H,7-9,12-13H2,1-2H3,(H,19,23)/t14-/m0/s1. The van der Waals surface area contributed by atoms with Crippen LogP contribution in [0.5, 0.6) is 5.75 Å². The lowest BCUT2D eigenvalue weighted by molar-refractivity contribution is 0.0944. The van der Waals surface area contributed by atoms with Crippen LogP contribution in [0.25, 0.3) is 0 Å². The molecule has 0 saturated carbocycles. The average Bonchev–Trinajstić information content (AvgIpc) is 3.21. The largest absolute Gasteiger partial charge is 0.496 e. The molecular weight excluding hydrogens is 304 g/mol. The lowest BCUT2D eigenvalue weighted by Crippen LogP contribution is -2.31. The van der Waals surface area contributed by atoms with E-state index < -0.39 is 0 Å². The van der Waals surface area contributed by atoms with Gasteiger partial charge in [0.25, 0.3) is 5.91 Å². The van der Waals surface area contributed by atoms with Crippen molar-refractivity contribution in [2.45, 2.75) is 13.0 Å². The number of likely N-dealkylation sites (tertiary alicyclic amines) is 1. The molecule has 0 spiro atoms. The topological polar surface area (TPSA) is 59.4 Å². The van der Waals surface area contributed by atoms with Crippen LogP contribution in [0.4, 0.5) is 0 Å². The number of hydrogen-bond donors (Lipinski definition) is 1. The Morgan fingerprint density at radius 1 is 1.42 bits per heavy atom. The van der Waals surface area contributed by atoms with Crippen molar-refractivity contribution in [1.82, 2.24) is 20.0 Å². The summed E-state index contributed by atoms with van der Waals surface area (Å²) in [4.78, 5) is 14.8. The van der Waals surface area contributed by atoms with E-state index in [9.17, 15) is 4.79 Å². The summed E-state index contributed by atoms with van der Waals surface area (Å²) < 4.78 is 7.08. The Bertz CT molecular complexity index is 698. The molecule has 3 rings (SSSR count). The second-order valence-electron chi connectivity index (χ2n) is 6.32. The number of amides is 1. The molecule has 128 valence electrons. The zero-order chi connectivity index (χ0) is 16.9. The van der Waals surface area contributed by atoms with E-state index in [1.165, 1.54) is 5.56 Å². The first-order chi connectivity index (χ1) is 11.7. The monoisotopic (exact) mass is 328 g/mol. The maximum Gasteiger partial charge on any atom is 0.255 e. The first-order valence-electron chi connectivity index (χ1n) is 8.27. The zero-order valence-electron chi connectivity index (χ0n) is 14.2. The van der Waals surface area contributed by atoms with Gasteiger partial charge in [0.2, 0.25) is 0 Å². The molecule has 1 aromatic carbocycles. The van der Waals surface area contributed by atoms with Crippen molar-refractivity contribution in [2.24, 2.45) is 13.0 Å². The Hall–Kier alpha value is -2.34. The fourth-order valence-corrected chi connectivity index (χ4v) is 3.20. The van der Waals surface area contributed by atoms with Crippen molar-refractivity contribution in [1.29, 1.82) is 0 Å². The molecule has 0 radical (unpaired) electrons. The van der Waals surface area contributed by atoms with Gasteiger partial charge in [-0.1, -0.05) is 12.1 Å². The molecule has 0 aliphatic carbocycles. The van der Waals surface area contributed by atoms with Crippen LogP contribution >= 0.6 is 0 Å². The van der Waals surface area contributed by atoms with Crippen molar-refractivity contribution < 1.29 is 9.53 Å². The Balaban J connectivity index is 1.48. The number of nitrogens with zero attached hydrogens (tertiary/aromatic N) is 3. The number of nitrogens with one attached hydrogen (secondary N) is 1. The smallest absolute Gasteiger partial charge is 0.255 e. The predicted molar refractivity (Wildman–Crippen MR) is 91.9 cm³/mol. The van der Waals surface area contributed by atoms with E-state index in [2.05, 4.69) is 21.5 Å². The second kappa shape index (κ2) is 7.49. The van der Waals surface area contributed by atoms with Gasteiger partial charge < -0.3 is 10.1 Å². The fraction of sp³-hybridized carbons (Fsp3) is 0.444. The van der Waals surface area contributed by atoms with E-state index in [0.717, 1.165) is 26.1 Å². The van der Waals surface area contributed by atoms with E-state index in [1.807, 2.05) is 30.1 Å². The van der Waals surface area contributed by atoms with E-state index in [0.29, 0.717) is 23.8 Å². The molecule has 0 bridgehead atoms. The predicted octanol–water partition coefficient (Wildman–Crippen LogP) is 1.68. The van der Waals surface area contributed by atoms with Gasteiger partial charge in [-0.15, -0.1) is 0 Å². The summed E-state index contributed by atoms with van der Waals surface area (Å²) in [6.45, 7) is 3.68. The van der Waals surface area contributed by atoms with Gasteiger partial charge in [-0.25, -0.2) is 0 Å². The van der Waals surface area contributed by atoms with E-state index >= 15 is 0 Å². The van der Waals surface area contributed by atoms with Crippen LogP contribution in [0, 0.1) is 5.92 Å². The van der Waals surface area contributed by atoms with Crippen LogP contribution in [0.3, 0.4) is 0 Å². The highest BCUT2D eigenvalue weighted by atomic mass is 16.5. The van der Waals surface area contributed by atoms with E-state index in [1.54, 1.807) is 19.2 Å². The van der Waals surface area contributed by atoms with Crippen LogP contribution in [0.2, 0.25) is 0 Å². The van der Waals surface area contributed by atoms with Crippen molar-refractivity contribution in [2.75, 3.05) is 26.7 Å². The maximum absolute atomic E-state index is 12.3. The molecule has 2 aromatic rings. The van der Waals surface area contributed by atoms with Crippen LogP contribution in [-0.4, -0.2) is 47.3 Å². The van der Waals surface area contributed by atoms with E-state index in [4.69, 9.17) is 4.74 Å². The number of carbonyl (C=O) groups is 1. The Morgan fingerprint density at radius 3 is 3.00 bits per heavy atom. The minimum atomic E-state index is -0.0711. The van der Waals surface area contributed by atoms with Crippen LogP contribution in [0.15, 0.2) is 36.7 Å². The van der Waals surface area contributed by atoms with Crippen LogP contribution < -0.4 is 10.1 Å². The Labute approximate surface area is 142 Å². The molecule has 1 aromatic heterocycles. The number of ether oxygens (including phenoxy) is 1. The third-order valence-electron chi connectivity index (χ3n) is 4.44. The molecule has 1 amide bonds. The maximum atomic E-state index is 12.3. The molecule has 1 atom stereocenters.